The monoisotopic (exact) mass is 291 g/mol. The van der Waals surface area contributed by atoms with Gasteiger partial charge in [-0.05, 0) is 57.7 Å². The predicted molar refractivity (Wildman–Crippen MR) is 85.9 cm³/mol. The Hall–Kier alpha value is -0.670. The average Bonchev–Trinajstić information content (AvgIpc) is 3.06. The molecule has 1 fully saturated rings. The van der Waals surface area contributed by atoms with Gasteiger partial charge in [0, 0.05) is 28.3 Å². The van der Waals surface area contributed by atoms with Gasteiger partial charge in [-0.2, -0.15) is 0 Å². The highest BCUT2D eigenvalue weighted by atomic mass is 32.2. The number of nitrogens with zero attached hydrogens (tertiary/aromatic N) is 1. The number of likely N-dealkylation sites (tertiary alicyclic amines) is 1. The number of rotatable bonds is 4. The van der Waals surface area contributed by atoms with E-state index in [1.165, 1.54) is 42.0 Å². The minimum atomic E-state index is 0.662. The first-order valence-electron chi connectivity index (χ1n) is 7.76. The van der Waals surface area contributed by atoms with Crippen LogP contribution in [0.15, 0.2) is 23.1 Å². The number of benzene rings is 1. The van der Waals surface area contributed by atoms with Crippen LogP contribution in [-0.4, -0.2) is 36.4 Å². The van der Waals surface area contributed by atoms with Crippen LogP contribution in [0.2, 0.25) is 0 Å². The van der Waals surface area contributed by atoms with Gasteiger partial charge in [-0.1, -0.05) is 6.07 Å². The minimum Gasteiger partial charge on any atom is -0.496 e. The van der Waals surface area contributed by atoms with Crippen molar-refractivity contribution in [3.8, 4) is 5.75 Å². The van der Waals surface area contributed by atoms with E-state index in [0.717, 1.165) is 11.8 Å². The second kappa shape index (κ2) is 5.98. The van der Waals surface area contributed by atoms with Crippen LogP contribution in [0.1, 0.15) is 44.6 Å². The maximum Gasteiger partial charge on any atom is 0.123 e. The summed E-state index contributed by atoms with van der Waals surface area (Å²) < 4.78 is 5.60. The van der Waals surface area contributed by atoms with Crippen LogP contribution in [-0.2, 0) is 0 Å². The lowest BCUT2D eigenvalue weighted by Crippen LogP contribution is -2.36. The van der Waals surface area contributed by atoms with Crippen LogP contribution in [0.25, 0.3) is 0 Å². The van der Waals surface area contributed by atoms with E-state index in [0.29, 0.717) is 12.0 Å². The van der Waals surface area contributed by atoms with Gasteiger partial charge in [-0.25, -0.2) is 0 Å². The van der Waals surface area contributed by atoms with E-state index in [9.17, 15) is 0 Å². The maximum atomic E-state index is 5.60. The Bertz CT molecular complexity index is 474. The highest BCUT2D eigenvalue weighted by molar-refractivity contribution is 7.99. The van der Waals surface area contributed by atoms with E-state index in [2.05, 4.69) is 36.9 Å². The third kappa shape index (κ3) is 2.58. The summed E-state index contributed by atoms with van der Waals surface area (Å²) in [6, 6.07) is 7.91. The molecule has 2 nitrogen and oxygen atoms in total. The molecular formula is C17H25NOS. The molecule has 0 N–H and O–H groups in total. The summed E-state index contributed by atoms with van der Waals surface area (Å²) in [5.41, 5.74) is 1.47. The molecule has 1 aromatic carbocycles. The summed E-state index contributed by atoms with van der Waals surface area (Å²) in [7, 11) is 1.80. The van der Waals surface area contributed by atoms with Gasteiger partial charge in [0.2, 0.25) is 0 Å². The number of hydrogen-bond donors (Lipinski definition) is 0. The molecule has 2 aliphatic heterocycles. The largest absolute Gasteiger partial charge is 0.496 e. The van der Waals surface area contributed by atoms with Crippen molar-refractivity contribution < 1.29 is 4.74 Å². The van der Waals surface area contributed by atoms with E-state index >= 15 is 0 Å². The van der Waals surface area contributed by atoms with E-state index < -0.39 is 0 Å². The molecule has 0 unspecified atom stereocenters. The molecule has 2 aliphatic rings. The Morgan fingerprint density at radius 1 is 1.40 bits per heavy atom. The van der Waals surface area contributed by atoms with Gasteiger partial charge in [-0.3, -0.25) is 4.90 Å². The number of ether oxygens (including phenoxy) is 1. The summed E-state index contributed by atoms with van der Waals surface area (Å²) in [6.45, 7) is 5.94. The van der Waals surface area contributed by atoms with E-state index in [1.807, 2.05) is 11.8 Å². The van der Waals surface area contributed by atoms with Crippen LogP contribution < -0.4 is 4.74 Å². The van der Waals surface area contributed by atoms with E-state index in [-0.39, 0.29) is 0 Å². The number of thioether (sulfide) groups is 1. The van der Waals surface area contributed by atoms with Gasteiger partial charge >= 0.3 is 0 Å². The second-order valence-corrected chi connectivity index (χ2v) is 7.31. The quantitative estimate of drug-likeness (QED) is 0.827. The van der Waals surface area contributed by atoms with Crippen LogP contribution in [0.5, 0.6) is 5.75 Å². The zero-order valence-corrected chi connectivity index (χ0v) is 13.6. The predicted octanol–water partition coefficient (Wildman–Crippen LogP) is 4.15. The van der Waals surface area contributed by atoms with Gasteiger partial charge in [0.15, 0.2) is 0 Å². The van der Waals surface area contributed by atoms with Gasteiger partial charge in [0.1, 0.15) is 5.75 Å². The molecule has 0 radical (unpaired) electrons. The van der Waals surface area contributed by atoms with Crippen molar-refractivity contribution in [1.29, 1.82) is 0 Å². The Balaban J connectivity index is 1.78. The van der Waals surface area contributed by atoms with Gasteiger partial charge < -0.3 is 4.74 Å². The molecule has 20 heavy (non-hydrogen) atoms. The van der Waals surface area contributed by atoms with Gasteiger partial charge in [0.25, 0.3) is 0 Å². The molecule has 0 spiro atoms. The number of fused-ring (bicyclic) bond motifs is 1. The lowest BCUT2D eigenvalue weighted by atomic mass is 9.92. The lowest BCUT2D eigenvalue weighted by Gasteiger charge is -2.30. The molecule has 0 aliphatic carbocycles. The van der Waals surface area contributed by atoms with Crippen molar-refractivity contribution in [3.63, 3.8) is 0 Å². The number of methoxy groups -OCH3 is 1. The lowest BCUT2D eigenvalue weighted by molar-refractivity contribution is 0.189. The van der Waals surface area contributed by atoms with Crippen LogP contribution in [0.3, 0.4) is 0 Å². The summed E-state index contributed by atoms with van der Waals surface area (Å²) in [4.78, 5) is 4.13. The molecule has 0 saturated carbocycles. The fraction of sp³-hybridized carbons (Fsp3) is 0.647. The smallest absolute Gasteiger partial charge is 0.123 e. The van der Waals surface area contributed by atoms with E-state index in [4.69, 9.17) is 4.74 Å². The molecular weight excluding hydrogens is 266 g/mol. The molecule has 110 valence electrons. The normalized spacial score (nSPS) is 26.2. The van der Waals surface area contributed by atoms with Crippen molar-refractivity contribution in [1.82, 2.24) is 4.90 Å². The molecule has 0 aromatic heterocycles. The van der Waals surface area contributed by atoms with Gasteiger partial charge in [-0.15, -0.1) is 11.8 Å². The standard InChI is InChI=1S/C17H25NOS/c1-12(2)18-9-5-6-14(18)10-13-11-20-16-8-4-7-15(19-3)17(13)16/h4,7-8,12-14H,5-6,9-11H2,1-3H3/t13-,14-/m1/s1. The van der Waals surface area contributed by atoms with Crippen molar-refractivity contribution in [2.45, 2.75) is 56.0 Å². The first-order valence-corrected chi connectivity index (χ1v) is 8.74. The molecule has 2 atom stereocenters. The van der Waals surface area contributed by atoms with Crippen molar-refractivity contribution in [2.75, 3.05) is 19.4 Å². The molecule has 0 amide bonds. The molecule has 0 bridgehead atoms. The Morgan fingerprint density at radius 3 is 3.00 bits per heavy atom. The fourth-order valence-corrected chi connectivity index (χ4v) is 5.09. The SMILES string of the molecule is COc1cccc2c1[C@H](C[C@H]1CCCN1C(C)C)CS2. The summed E-state index contributed by atoms with van der Waals surface area (Å²) >= 11 is 2.00. The highest BCUT2D eigenvalue weighted by Crippen LogP contribution is 2.47. The fourth-order valence-electron chi connectivity index (χ4n) is 3.81. The average molecular weight is 291 g/mol. The molecule has 1 saturated heterocycles. The van der Waals surface area contributed by atoms with Crippen LogP contribution in [0, 0.1) is 0 Å². The van der Waals surface area contributed by atoms with Crippen molar-refractivity contribution in [2.24, 2.45) is 0 Å². The first-order chi connectivity index (χ1) is 9.70. The molecule has 3 rings (SSSR count). The van der Waals surface area contributed by atoms with Crippen LogP contribution in [0.4, 0.5) is 0 Å². The maximum absolute atomic E-state index is 5.60. The van der Waals surface area contributed by atoms with Gasteiger partial charge in [0.05, 0.1) is 7.11 Å². The summed E-state index contributed by atoms with van der Waals surface area (Å²) in [6.07, 6.45) is 4.02. The Labute approximate surface area is 126 Å². The first kappa shape index (κ1) is 14.3. The third-order valence-corrected chi connectivity index (χ3v) is 5.97. The summed E-state index contributed by atoms with van der Waals surface area (Å²) in [5, 5.41) is 0. The highest BCUT2D eigenvalue weighted by Gasteiger charge is 2.33. The molecule has 1 aromatic rings. The van der Waals surface area contributed by atoms with E-state index in [1.54, 1.807) is 7.11 Å². The molecule has 2 heterocycles. The zero-order chi connectivity index (χ0) is 14.1. The third-order valence-electron chi connectivity index (χ3n) is 4.74. The number of hydrogen-bond acceptors (Lipinski definition) is 3. The van der Waals surface area contributed by atoms with Crippen LogP contribution >= 0.6 is 11.8 Å². The topological polar surface area (TPSA) is 12.5 Å². The Morgan fingerprint density at radius 2 is 2.25 bits per heavy atom. The minimum absolute atomic E-state index is 0.662. The van der Waals surface area contributed by atoms with Crippen molar-refractivity contribution >= 4 is 11.8 Å². The zero-order valence-electron chi connectivity index (χ0n) is 12.8. The molecule has 3 heteroatoms. The second-order valence-electron chi connectivity index (χ2n) is 6.24. The van der Waals surface area contributed by atoms with Crippen molar-refractivity contribution in [3.05, 3.63) is 23.8 Å². The summed E-state index contributed by atoms with van der Waals surface area (Å²) in [5.74, 6) is 2.97. The Kier molecular flexibility index (Phi) is 4.27.